The van der Waals surface area contributed by atoms with Gasteiger partial charge in [-0.15, -0.1) is 0 Å². The Morgan fingerprint density at radius 2 is 1.68 bits per heavy atom. The van der Waals surface area contributed by atoms with E-state index in [9.17, 15) is 5.11 Å². The first-order valence-electron chi connectivity index (χ1n) is 7.93. The largest absolute Gasteiger partial charge is 0.390 e. The Balaban J connectivity index is 1.72. The van der Waals surface area contributed by atoms with Crippen molar-refractivity contribution in [2.24, 2.45) is 11.8 Å². The zero-order valence-corrected chi connectivity index (χ0v) is 11.9. The van der Waals surface area contributed by atoms with Crippen LogP contribution in [0.3, 0.4) is 0 Å². The standard InChI is InChI=1S/C18H24O/c1-2-13-3-5-16(6-4-13)17-8-14-7-15(9-17)11-18(19,10-14)12-17/h3-6,14-15,19H,2,7-12H2,1H3. The summed E-state index contributed by atoms with van der Waals surface area (Å²) in [5.41, 5.74) is 2.88. The van der Waals surface area contributed by atoms with Crippen LogP contribution in [0.4, 0.5) is 0 Å². The van der Waals surface area contributed by atoms with Crippen LogP contribution in [-0.2, 0) is 11.8 Å². The molecule has 1 heteroatoms. The van der Waals surface area contributed by atoms with E-state index >= 15 is 0 Å². The van der Waals surface area contributed by atoms with Gasteiger partial charge in [-0.25, -0.2) is 0 Å². The van der Waals surface area contributed by atoms with Crippen LogP contribution < -0.4 is 0 Å². The maximum atomic E-state index is 10.8. The van der Waals surface area contributed by atoms with Crippen molar-refractivity contribution in [1.82, 2.24) is 0 Å². The Kier molecular flexibility index (Phi) is 2.42. The van der Waals surface area contributed by atoms with Crippen LogP contribution in [-0.4, -0.2) is 10.7 Å². The van der Waals surface area contributed by atoms with E-state index in [4.69, 9.17) is 0 Å². The third-order valence-electron chi connectivity index (χ3n) is 6.00. The van der Waals surface area contributed by atoms with E-state index in [-0.39, 0.29) is 5.60 Å². The monoisotopic (exact) mass is 256 g/mol. The molecule has 4 aliphatic carbocycles. The topological polar surface area (TPSA) is 20.2 Å². The number of aliphatic hydroxyl groups is 1. The van der Waals surface area contributed by atoms with Crippen molar-refractivity contribution in [3.63, 3.8) is 0 Å². The predicted molar refractivity (Wildman–Crippen MR) is 77.1 cm³/mol. The van der Waals surface area contributed by atoms with Gasteiger partial charge in [0.05, 0.1) is 5.60 Å². The van der Waals surface area contributed by atoms with E-state index in [0.29, 0.717) is 5.41 Å². The van der Waals surface area contributed by atoms with Crippen molar-refractivity contribution in [3.8, 4) is 0 Å². The summed E-state index contributed by atoms with van der Waals surface area (Å²) < 4.78 is 0. The second-order valence-corrected chi connectivity index (χ2v) is 7.52. The van der Waals surface area contributed by atoms with Gasteiger partial charge in [0.15, 0.2) is 0 Å². The molecule has 4 fully saturated rings. The molecule has 2 unspecified atom stereocenters. The van der Waals surface area contributed by atoms with Crippen LogP contribution in [0.1, 0.15) is 56.6 Å². The minimum absolute atomic E-state index is 0.297. The van der Waals surface area contributed by atoms with E-state index in [0.717, 1.165) is 37.5 Å². The van der Waals surface area contributed by atoms with Crippen molar-refractivity contribution in [3.05, 3.63) is 35.4 Å². The molecule has 1 aromatic carbocycles. The lowest BCUT2D eigenvalue weighted by Crippen LogP contribution is -2.57. The molecule has 1 N–H and O–H groups in total. The van der Waals surface area contributed by atoms with Gasteiger partial charge in [0.2, 0.25) is 0 Å². The van der Waals surface area contributed by atoms with Crippen molar-refractivity contribution in [1.29, 1.82) is 0 Å². The normalized spacial score (nSPS) is 43.7. The molecule has 0 aromatic heterocycles. The van der Waals surface area contributed by atoms with Gasteiger partial charge in [-0.1, -0.05) is 31.2 Å². The molecule has 5 rings (SSSR count). The molecule has 19 heavy (non-hydrogen) atoms. The van der Waals surface area contributed by atoms with Crippen molar-refractivity contribution in [2.75, 3.05) is 0 Å². The van der Waals surface area contributed by atoms with E-state index in [1.54, 1.807) is 0 Å². The van der Waals surface area contributed by atoms with Crippen LogP contribution in [0.15, 0.2) is 24.3 Å². The highest BCUT2D eigenvalue weighted by molar-refractivity contribution is 5.33. The average Bonchev–Trinajstić information content (AvgIpc) is 2.36. The lowest BCUT2D eigenvalue weighted by atomic mass is 9.46. The molecule has 0 aliphatic heterocycles. The Bertz CT molecular complexity index is 473. The molecule has 4 bridgehead atoms. The van der Waals surface area contributed by atoms with Crippen LogP contribution in [0.25, 0.3) is 0 Å². The highest BCUT2D eigenvalue weighted by Crippen LogP contribution is 2.62. The molecule has 0 amide bonds. The van der Waals surface area contributed by atoms with Gasteiger partial charge in [-0.3, -0.25) is 0 Å². The zero-order valence-electron chi connectivity index (χ0n) is 11.9. The second kappa shape index (κ2) is 3.85. The first kappa shape index (κ1) is 12.0. The van der Waals surface area contributed by atoms with E-state index < -0.39 is 0 Å². The molecule has 0 saturated heterocycles. The summed E-state index contributed by atoms with van der Waals surface area (Å²) in [7, 11) is 0. The number of hydrogen-bond donors (Lipinski definition) is 1. The number of benzene rings is 1. The van der Waals surface area contributed by atoms with Gasteiger partial charge in [0.1, 0.15) is 0 Å². The van der Waals surface area contributed by atoms with E-state index in [2.05, 4.69) is 31.2 Å². The average molecular weight is 256 g/mol. The summed E-state index contributed by atoms with van der Waals surface area (Å²) in [5.74, 6) is 1.55. The van der Waals surface area contributed by atoms with E-state index in [1.807, 2.05) is 0 Å². The third-order valence-corrected chi connectivity index (χ3v) is 6.00. The Morgan fingerprint density at radius 1 is 1.05 bits per heavy atom. The number of rotatable bonds is 2. The summed E-state index contributed by atoms with van der Waals surface area (Å²) in [6, 6.07) is 9.26. The summed E-state index contributed by atoms with van der Waals surface area (Å²) in [6.45, 7) is 2.21. The molecule has 0 spiro atoms. The van der Waals surface area contributed by atoms with Gasteiger partial charge < -0.3 is 5.11 Å². The molecular formula is C18H24O. The van der Waals surface area contributed by atoms with Crippen molar-refractivity contribution >= 4 is 0 Å². The Morgan fingerprint density at radius 3 is 2.21 bits per heavy atom. The second-order valence-electron chi connectivity index (χ2n) is 7.52. The Hall–Kier alpha value is -0.820. The van der Waals surface area contributed by atoms with Crippen molar-refractivity contribution < 1.29 is 5.11 Å². The maximum absolute atomic E-state index is 10.8. The minimum atomic E-state index is -0.340. The van der Waals surface area contributed by atoms with Gasteiger partial charge in [-0.2, -0.15) is 0 Å². The van der Waals surface area contributed by atoms with Crippen molar-refractivity contribution in [2.45, 2.75) is 62.9 Å². The number of hydrogen-bond acceptors (Lipinski definition) is 1. The molecule has 1 aromatic rings. The quantitative estimate of drug-likeness (QED) is 0.852. The fraction of sp³-hybridized carbons (Fsp3) is 0.667. The molecule has 0 radical (unpaired) electrons. The molecule has 2 atom stereocenters. The zero-order chi connectivity index (χ0) is 13.1. The minimum Gasteiger partial charge on any atom is -0.390 e. The van der Waals surface area contributed by atoms with Gasteiger partial charge >= 0.3 is 0 Å². The first-order valence-corrected chi connectivity index (χ1v) is 7.93. The van der Waals surface area contributed by atoms with Crippen LogP contribution in [0, 0.1) is 11.8 Å². The molecule has 102 valence electrons. The lowest BCUT2D eigenvalue weighted by molar-refractivity contribution is -0.137. The summed E-state index contributed by atoms with van der Waals surface area (Å²) in [4.78, 5) is 0. The van der Waals surface area contributed by atoms with Gasteiger partial charge in [0.25, 0.3) is 0 Å². The molecule has 0 heterocycles. The van der Waals surface area contributed by atoms with Gasteiger partial charge in [0, 0.05) is 0 Å². The van der Waals surface area contributed by atoms with Crippen LogP contribution in [0.2, 0.25) is 0 Å². The summed E-state index contributed by atoms with van der Waals surface area (Å²) in [5, 5.41) is 10.8. The Labute approximate surface area is 116 Å². The van der Waals surface area contributed by atoms with Crippen LogP contribution in [0.5, 0.6) is 0 Å². The highest BCUT2D eigenvalue weighted by atomic mass is 16.3. The predicted octanol–water partition coefficient (Wildman–Crippen LogP) is 3.83. The summed E-state index contributed by atoms with van der Waals surface area (Å²) >= 11 is 0. The maximum Gasteiger partial charge on any atom is 0.0661 e. The fourth-order valence-corrected chi connectivity index (χ4v) is 5.65. The van der Waals surface area contributed by atoms with Gasteiger partial charge in [-0.05, 0) is 73.3 Å². The third kappa shape index (κ3) is 1.78. The molecule has 4 saturated carbocycles. The summed E-state index contributed by atoms with van der Waals surface area (Å²) in [6.07, 6.45) is 8.27. The SMILES string of the molecule is CCc1ccc(C23CC4CC(CC(O)(C4)C2)C3)cc1. The van der Waals surface area contributed by atoms with E-state index in [1.165, 1.54) is 30.4 Å². The van der Waals surface area contributed by atoms with Crippen LogP contribution >= 0.6 is 0 Å². The first-order chi connectivity index (χ1) is 9.11. The fourth-order valence-electron chi connectivity index (χ4n) is 5.65. The molecular weight excluding hydrogens is 232 g/mol. The molecule has 4 aliphatic rings. The smallest absolute Gasteiger partial charge is 0.0661 e. The lowest BCUT2D eigenvalue weighted by Gasteiger charge is -2.60. The number of aryl methyl sites for hydroxylation is 1. The molecule has 1 nitrogen and oxygen atoms in total. The highest BCUT2D eigenvalue weighted by Gasteiger charge is 2.57.